The van der Waals surface area contributed by atoms with Gasteiger partial charge >= 0.3 is 5.97 Å². The zero-order valence-electron chi connectivity index (χ0n) is 13.7. The molecular formula is C16H21NO5S. The van der Waals surface area contributed by atoms with Gasteiger partial charge in [-0.3, -0.25) is 4.79 Å². The molecule has 1 aliphatic rings. The zero-order chi connectivity index (χ0) is 17.6. The van der Waals surface area contributed by atoms with E-state index in [1.807, 2.05) is 0 Å². The number of carboxylic acids is 1. The third-order valence-corrected chi connectivity index (χ3v) is 7.09. The number of carboxylic acid groups (broad SMARTS) is 1. The minimum atomic E-state index is -3.27. The van der Waals surface area contributed by atoms with Crippen LogP contribution in [0.1, 0.15) is 46.0 Å². The summed E-state index contributed by atoms with van der Waals surface area (Å²) in [6, 6.07) is 4.01. The number of aryl methyl sites for hydroxylation is 1. The fraction of sp³-hybridized carbons (Fsp3) is 0.500. The molecule has 0 aliphatic heterocycles. The van der Waals surface area contributed by atoms with E-state index in [0.717, 1.165) is 0 Å². The summed E-state index contributed by atoms with van der Waals surface area (Å²) in [5.41, 5.74) is 0.882. The van der Waals surface area contributed by atoms with E-state index >= 15 is 0 Å². The van der Waals surface area contributed by atoms with Crippen molar-refractivity contribution in [2.75, 3.05) is 13.3 Å². The molecule has 7 heteroatoms. The van der Waals surface area contributed by atoms with Crippen LogP contribution in [0.3, 0.4) is 0 Å². The standard InChI is InChI=1S/C16H21NO5S/c1-10-5-6-12(9-13(10)15(19)20)14(18)17(3)11(2)16(7-8-16)23(4,21)22/h5-6,9,11H,7-8H2,1-4H3,(H,19,20). The van der Waals surface area contributed by atoms with Crippen LogP contribution in [0.15, 0.2) is 18.2 Å². The molecule has 1 aromatic carbocycles. The molecule has 0 spiro atoms. The van der Waals surface area contributed by atoms with Crippen LogP contribution in [0.2, 0.25) is 0 Å². The van der Waals surface area contributed by atoms with Gasteiger partial charge in [0.25, 0.3) is 5.91 Å². The van der Waals surface area contributed by atoms with Gasteiger partial charge in [-0.15, -0.1) is 0 Å². The van der Waals surface area contributed by atoms with Crippen LogP contribution in [0, 0.1) is 6.92 Å². The molecule has 1 aliphatic carbocycles. The zero-order valence-corrected chi connectivity index (χ0v) is 14.5. The van der Waals surface area contributed by atoms with Crippen molar-refractivity contribution < 1.29 is 23.1 Å². The minimum absolute atomic E-state index is 0.0705. The topological polar surface area (TPSA) is 91.8 Å². The molecule has 2 rings (SSSR count). The second kappa shape index (κ2) is 5.63. The smallest absolute Gasteiger partial charge is 0.335 e. The van der Waals surface area contributed by atoms with Gasteiger partial charge in [0.1, 0.15) is 0 Å². The van der Waals surface area contributed by atoms with E-state index in [-0.39, 0.29) is 17.0 Å². The number of amides is 1. The Bertz CT molecular complexity index is 765. The summed E-state index contributed by atoms with van der Waals surface area (Å²) in [6.45, 7) is 3.38. The van der Waals surface area contributed by atoms with E-state index in [9.17, 15) is 18.0 Å². The molecule has 0 radical (unpaired) electrons. The number of carbonyl (C=O) groups excluding carboxylic acids is 1. The summed E-state index contributed by atoms with van der Waals surface area (Å²) >= 11 is 0. The Hall–Kier alpha value is -1.89. The second-order valence-corrected chi connectivity index (χ2v) is 8.62. The van der Waals surface area contributed by atoms with E-state index in [0.29, 0.717) is 18.4 Å². The van der Waals surface area contributed by atoms with E-state index in [1.54, 1.807) is 33.0 Å². The first-order valence-corrected chi connectivity index (χ1v) is 9.21. The Morgan fingerprint density at radius 3 is 2.30 bits per heavy atom. The quantitative estimate of drug-likeness (QED) is 0.882. The summed E-state index contributed by atoms with van der Waals surface area (Å²) < 4.78 is 23.1. The van der Waals surface area contributed by atoms with E-state index < -0.39 is 26.6 Å². The van der Waals surface area contributed by atoms with Crippen molar-refractivity contribution in [3.8, 4) is 0 Å². The highest BCUT2D eigenvalue weighted by Crippen LogP contribution is 2.47. The van der Waals surface area contributed by atoms with Crippen LogP contribution in [-0.4, -0.2) is 54.4 Å². The molecular weight excluding hydrogens is 318 g/mol. The lowest BCUT2D eigenvalue weighted by Gasteiger charge is -2.31. The first kappa shape index (κ1) is 17.5. The second-order valence-electron chi connectivity index (χ2n) is 6.26. The maximum atomic E-state index is 12.6. The molecule has 1 aromatic rings. The molecule has 1 amide bonds. The summed E-state index contributed by atoms with van der Waals surface area (Å²) in [5.74, 6) is -1.47. The van der Waals surface area contributed by atoms with Crippen molar-refractivity contribution in [1.29, 1.82) is 0 Å². The van der Waals surface area contributed by atoms with Gasteiger partial charge in [-0.05, 0) is 44.4 Å². The summed E-state index contributed by atoms with van der Waals surface area (Å²) in [7, 11) is -1.71. The van der Waals surface area contributed by atoms with Gasteiger partial charge in [0.15, 0.2) is 9.84 Å². The number of nitrogens with zero attached hydrogens (tertiary/aromatic N) is 1. The van der Waals surface area contributed by atoms with Crippen LogP contribution < -0.4 is 0 Å². The van der Waals surface area contributed by atoms with Crippen LogP contribution in [-0.2, 0) is 9.84 Å². The van der Waals surface area contributed by atoms with Crippen molar-refractivity contribution in [3.05, 3.63) is 34.9 Å². The average Bonchev–Trinajstić information content (AvgIpc) is 3.26. The molecule has 1 N–H and O–H groups in total. The normalized spacial score (nSPS) is 17.4. The molecule has 1 fully saturated rings. The highest BCUT2D eigenvalue weighted by Gasteiger charge is 2.57. The molecule has 0 bridgehead atoms. The largest absolute Gasteiger partial charge is 0.478 e. The molecule has 0 heterocycles. The molecule has 23 heavy (non-hydrogen) atoms. The number of sulfone groups is 1. The van der Waals surface area contributed by atoms with Crippen molar-refractivity contribution in [3.63, 3.8) is 0 Å². The van der Waals surface area contributed by atoms with Gasteiger partial charge in [-0.2, -0.15) is 0 Å². The highest BCUT2D eigenvalue weighted by molar-refractivity contribution is 7.92. The predicted molar refractivity (Wildman–Crippen MR) is 86.5 cm³/mol. The molecule has 0 saturated heterocycles. The number of aromatic carboxylic acids is 1. The van der Waals surface area contributed by atoms with Crippen molar-refractivity contribution in [1.82, 2.24) is 4.90 Å². The van der Waals surface area contributed by atoms with Crippen LogP contribution >= 0.6 is 0 Å². The number of hydrogen-bond donors (Lipinski definition) is 1. The maximum absolute atomic E-state index is 12.6. The van der Waals surface area contributed by atoms with Crippen LogP contribution in [0.5, 0.6) is 0 Å². The molecule has 0 aromatic heterocycles. The molecule has 6 nitrogen and oxygen atoms in total. The van der Waals surface area contributed by atoms with Gasteiger partial charge in [-0.25, -0.2) is 13.2 Å². The summed E-state index contributed by atoms with van der Waals surface area (Å²) in [4.78, 5) is 25.2. The van der Waals surface area contributed by atoms with Crippen molar-refractivity contribution >= 4 is 21.7 Å². The van der Waals surface area contributed by atoms with Crippen molar-refractivity contribution in [2.45, 2.75) is 37.5 Å². The average molecular weight is 339 g/mol. The number of benzene rings is 1. The van der Waals surface area contributed by atoms with Crippen LogP contribution in [0.4, 0.5) is 0 Å². The van der Waals surface area contributed by atoms with Crippen molar-refractivity contribution in [2.24, 2.45) is 0 Å². The number of hydrogen-bond acceptors (Lipinski definition) is 4. The minimum Gasteiger partial charge on any atom is -0.478 e. The number of rotatable bonds is 5. The first-order chi connectivity index (χ1) is 10.5. The number of carbonyl (C=O) groups is 2. The van der Waals surface area contributed by atoms with E-state index in [4.69, 9.17) is 5.11 Å². The predicted octanol–water partition coefficient (Wildman–Crippen LogP) is 1.73. The van der Waals surface area contributed by atoms with Crippen LogP contribution in [0.25, 0.3) is 0 Å². The monoisotopic (exact) mass is 339 g/mol. The van der Waals surface area contributed by atoms with Gasteiger partial charge in [0.2, 0.25) is 0 Å². The molecule has 1 saturated carbocycles. The van der Waals surface area contributed by atoms with Gasteiger partial charge in [0.05, 0.1) is 10.3 Å². The first-order valence-electron chi connectivity index (χ1n) is 7.32. The lowest BCUT2D eigenvalue weighted by atomic mass is 10.0. The van der Waals surface area contributed by atoms with Gasteiger partial charge in [0, 0.05) is 24.9 Å². The Kier molecular flexibility index (Phi) is 4.28. The fourth-order valence-electron chi connectivity index (χ4n) is 2.94. The summed E-state index contributed by atoms with van der Waals surface area (Å²) in [5, 5.41) is 9.16. The Labute approximate surface area is 136 Å². The third kappa shape index (κ3) is 2.97. The highest BCUT2D eigenvalue weighted by atomic mass is 32.2. The maximum Gasteiger partial charge on any atom is 0.335 e. The molecule has 1 unspecified atom stereocenters. The lowest BCUT2D eigenvalue weighted by Crippen LogP contribution is -2.47. The van der Waals surface area contributed by atoms with Gasteiger partial charge in [-0.1, -0.05) is 6.07 Å². The Morgan fingerprint density at radius 1 is 1.30 bits per heavy atom. The molecule has 126 valence electrons. The van der Waals surface area contributed by atoms with Gasteiger partial charge < -0.3 is 10.0 Å². The van der Waals surface area contributed by atoms with E-state index in [1.165, 1.54) is 17.2 Å². The lowest BCUT2D eigenvalue weighted by molar-refractivity contribution is 0.0696. The Morgan fingerprint density at radius 2 is 1.87 bits per heavy atom. The van der Waals surface area contributed by atoms with E-state index in [2.05, 4.69) is 0 Å². The Balaban J connectivity index is 2.31. The summed E-state index contributed by atoms with van der Waals surface area (Å²) in [6.07, 6.45) is 2.28. The fourth-order valence-corrected chi connectivity index (χ4v) is 4.56. The molecule has 1 atom stereocenters. The third-order valence-electron chi connectivity index (χ3n) is 4.86. The SMILES string of the molecule is Cc1ccc(C(=O)N(C)C(C)C2(S(C)(=O)=O)CC2)cc1C(=O)O.